The highest BCUT2D eigenvalue weighted by molar-refractivity contribution is 5.96. The predicted molar refractivity (Wildman–Crippen MR) is 123 cm³/mol. The van der Waals surface area contributed by atoms with Crippen LogP contribution in [0.25, 0.3) is 22.2 Å². The Morgan fingerprint density at radius 1 is 1.29 bits per heavy atom. The lowest BCUT2D eigenvalue weighted by molar-refractivity contribution is -0.137. The lowest BCUT2D eigenvalue weighted by atomic mass is 9.91. The van der Waals surface area contributed by atoms with Gasteiger partial charge in [0.15, 0.2) is 0 Å². The van der Waals surface area contributed by atoms with Crippen LogP contribution in [0.3, 0.4) is 0 Å². The molecule has 0 bridgehead atoms. The summed E-state index contributed by atoms with van der Waals surface area (Å²) in [5, 5.41) is 7.09. The van der Waals surface area contributed by atoms with Crippen LogP contribution in [0.5, 0.6) is 5.75 Å². The van der Waals surface area contributed by atoms with E-state index in [0.29, 0.717) is 17.4 Å². The number of anilines is 1. The number of ether oxygens (including phenoxy) is 1. The summed E-state index contributed by atoms with van der Waals surface area (Å²) in [4.78, 5) is 24.3. The molecule has 1 aliphatic rings. The van der Waals surface area contributed by atoms with Crippen molar-refractivity contribution in [1.82, 2.24) is 25.2 Å². The SMILES string of the molecule is CN(C)C(=O)Oc1ccc2c(-c3nc(N[C@H]4CCC(C)(C)NC4)ncc3C(F)(F)F)c[nH]c2c1. The van der Waals surface area contributed by atoms with Gasteiger partial charge in [-0.15, -0.1) is 0 Å². The summed E-state index contributed by atoms with van der Waals surface area (Å²) in [6.07, 6.45) is -1.14. The maximum atomic E-state index is 13.8. The first-order valence-electron chi connectivity index (χ1n) is 10.9. The van der Waals surface area contributed by atoms with E-state index in [0.717, 1.165) is 19.0 Å². The van der Waals surface area contributed by atoms with Crippen LogP contribution in [0.15, 0.2) is 30.6 Å². The second-order valence-corrected chi connectivity index (χ2v) is 9.27. The molecule has 1 fully saturated rings. The summed E-state index contributed by atoms with van der Waals surface area (Å²) in [6.45, 7) is 4.88. The number of alkyl halides is 3. The summed E-state index contributed by atoms with van der Waals surface area (Å²) in [5.74, 6) is 0.411. The number of H-pyrrole nitrogens is 1. The van der Waals surface area contributed by atoms with E-state index in [9.17, 15) is 18.0 Å². The molecule has 3 N–H and O–H groups in total. The molecule has 0 spiro atoms. The smallest absolute Gasteiger partial charge is 0.410 e. The minimum atomic E-state index is -4.63. The minimum Gasteiger partial charge on any atom is -0.410 e. The number of nitrogens with one attached hydrogen (secondary N) is 3. The summed E-state index contributed by atoms with van der Waals surface area (Å²) in [7, 11) is 3.11. The minimum absolute atomic E-state index is 0.00882. The Kier molecular flexibility index (Phi) is 6.15. The normalized spacial score (nSPS) is 18.0. The zero-order chi connectivity index (χ0) is 24.7. The molecule has 3 heterocycles. The maximum absolute atomic E-state index is 13.8. The van der Waals surface area contributed by atoms with Crippen molar-refractivity contribution in [3.05, 3.63) is 36.2 Å². The number of halogens is 3. The van der Waals surface area contributed by atoms with Crippen LogP contribution in [0.2, 0.25) is 0 Å². The lowest BCUT2D eigenvalue weighted by Gasteiger charge is -2.36. The number of carbonyl (C=O) groups excluding carboxylic acids is 1. The molecule has 1 amide bonds. The van der Waals surface area contributed by atoms with Gasteiger partial charge in [0.05, 0.1) is 5.69 Å². The molecular formula is C23H27F3N6O2. The molecule has 3 aromatic rings. The zero-order valence-corrected chi connectivity index (χ0v) is 19.4. The van der Waals surface area contributed by atoms with E-state index in [1.807, 2.05) is 0 Å². The molecule has 1 atom stereocenters. The second-order valence-electron chi connectivity index (χ2n) is 9.27. The molecule has 1 aromatic carbocycles. The summed E-state index contributed by atoms with van der Waals surface area (Å²) >= 11 is 0. The van der Waals surface area contributed by atoms with Crippen molar-refractivity contribution in [1.29, 1.82) is 0 Å². The first kappa shape index (κ1) is 23.8. The van der Waals surface area contributed by atoms with Gasteiger partial charge in [-0.3, -0.25) is 0 Å². The Morgan fingerprint density at radius 3 is 2.71 bits per heavy atom. The number of aromatic amines is 1. The van der Waals surface area contributed by atoms with E-state index in [-0.39, 0.29) is 34.5 Å². The monoisotopic (exact) mass is 476 g/mol. The molecule has 0 saturated carbocycles. The molecule has 1 aliphatic heterocycles. The number of rotatable bonds is 4. The van der Waals surface area contributed by atoms with Crippen molar-refractivity contribution >= 4 is 22.9 Å². The van der Waals surface area contributed by atoms with E-state index >= 15 is 0 Å². The van der Waals surface area contributed by atoms with Gasteiger partial charge in [0, 0.05) is 67.1 Å². The van der Waals surface area contributed by atoms with Crippen molar-refractivity contribution in [3.8, 4) is 17.0 Å². The fourth-order valence-electron chi connectivity index (χ4n) is 3.85. The molecule has 0 radical (unpaired) electrons. The Bertz CT molecular complexity index is 1200. The highest BCUT2D eigenvalue weighted by Gasteiger charge is 2.36. The quantitative estimate of drug-likeness (QED) is 0.508. The summed E-state index contributed by atoms with van der Waals surface area (Å²) < 4.78 is 46.7. The number of carbonyl (C=O) groups is 1. The van der Waals surface area contributed by atoms with Crippen molar-refractivity contribution in [3.63, 3.8) is 0 Å². The number of nitrogens with zero attached hydrogens (tertiary/aromatic N) is 3. The van der Waals surface area contributed by atoms with Crippen molar-refractivity contribution in [2.75, 3.05) is 26.0 Å². The molecule has 34 heavy (non-hydrogen) atoms. The van der Waals surface area contributed by atoms with E-state index in [4.69, 9.17) is 4.74 Å². The first-order valence-corrected chi connectivity index (χ1v) is 10.9. The first-order chi connectivity index (χ1) is 15.9. The van der Waals surface area contributed by atoms with Crippen LogP contribution in [0.4, 0.5) is 23.9 Å². The van der Waals surface area contributed by atoms with E-state index < -0.39 is 17.8 Å². The molecular weight excluding hydrogens is 449 g/mol. The van der Waals surface area contributed by atoms with Gasteiger partial charge >= 0.3 is 12.3 Å². The zero-order valence-electron chi connectivity index (χ0n) is 19.4. The van der Waals surface area contributed by atoms with Gasteiger partial charge in [-0.05, 0) is 38.8 Å². The average Bonchev–Trinajstić information content (AvgIpc) is 3.17. The summed E-state index contributed by atoms with van der Waals surface area (Å²) in [6, 6.07) is 4.70. The predicted octanol–water partition coefficient (Wildman–Crippen LogP) is 4.65. The standard InChI is InChI=1S/C23H27F3N6O2/c1-22(2)8-7-13(10-29-22)30-20-28-12-17(23(24,25)26)19(31-20)16-11-27-18-9-14(5-6-15(16)18)34-21(33)32(3)4/h5-6,9,11-13,27,29H,7-8,10H2,1-4H3,(H,28,30,31)/t13-/m0/s1. The topological polar surface area (TPSA) is 95.2 Å². The molecule has 2 aromatic heterocycles. The van der Waals surface area contributed by atoms with Gasteiger partial charge in [0.25, 0.3) is 0 Å². The highest BCUT2D eigenvalue weighted by Crippen LogP contribution is 2.39. The third kappa shape index (κ3) is 5.09. The highest BCUT2D eigenvalue weighted by atomic mass is 19.4. The molecule has 0 aliphatic carbocycles. The summed E-state index contributed by atoms with van der Waals surface area (Å²) in [5.41, 5.74) is -0.336. The molecule has 182 valence electrons. The Labute approximate surface area is 194 Å². The largest absolute Gasteiger partial charge is 0.419 e. The van der Waals surface area contributed by atoms with Crippen LogP contribution < -0.4 is 15.4 Å². The third-order valence-corrected chi connectivity index (χ3v) is 5.85. The Balaban J connectivity index is 1.67. The lowest BCUT2D eigenvalue weighted by Crippen LogP contribution is -2.50. The third-order valence-electron chi connectivity index (χ3n) is 5.85. The fourth-order valence-corrected chi connectivity index (χ4v) is 3.85. The van der Waals surface area contributed by atoms with Crippen LogP contribution in [-0.2, 0) is 6.18 Å². The van der Waals surface area contributed by atoms with E-state index in [2.05, 4.69) is 39.4 Å². The molecule has 0 unspecified atom stereocenters. The molecule has 11 heteroatoms. The number of piperidine rings is 1. The number of benzene rings is 1. The van der Waals surface area contributed by atoms with Crippen LogP contribution >= 0.6 is 0 Å². The van der Waals surface area contributed by atoms with Crippen molar-refractivity contribution < 1.29 is 22.7 Å². The number of fused-ring (bicyclic) bond motifs is 1. The Hall–Kier alpha value is -3.34. The van der Waals surface area contributed by atoms with Gasteiger partial charge in [0.1, 0.15) is 11.3 Å². The molecule has 1 saturated heterocycles. The van der Waals surface area contributed by atoms with Crippen molar-refractivity contribution in [2.24, 2.45) is 0 Å². The van der Waals surface area contributed by atoms with Gasteiger partial charge in [0.2, 0.25) is 5.95 Å². The van der Waals surface area contributed by atoms with Crippen LogP contribution in [-0.4, -0.2) is 58.2 Å². The number of hydrogen-bond acceptors (Lipinski definition) is 6. The number of aromatic nitrogens is 3. The fraction of sp³-hybridized carbons (Fsp3) is 0.435. The average molecular weight is 477 g/mol. The van der Waals surface area contributed by atoms with Crippen LogP contribution in [0.1, 0.15) is 32.3 Å². The van der Waals surface area contributed by atoms with E-state index in [1.54, 1.807) is 26.2 Å². The Morgan fingerprint density at radius 2 is 2.06 bits per heavy atom. The van der Waals surface area contributed by atoms with Gasteiger partial charge in [-0.1, -0.05) is 0 Å². The van der Waals surface area contributed by atoms with Gasteiger partial charge in [-0.2, -0.15) is 13.2 Å². The number of amides is 1. The van der Waals surface area contributed by atoms with E-state index in [1.165, 1.54) is 17.2 Å². The van der Waals surface area contributed by atoms with Crippen molar-refractivity contribution in [2.45, 2.75) is 44.4 Å². The van der Waals surface area contributed by atoms with Gasteiger partial charge in [-0.25, -0.2) is 14.8 Å². The second kappa shape index (κ2) is 8.79. The molecule has 8 nitrogen and oxygen atoms in total. The molecule has 4 rings (SSSR count). The maximum Gasteiger partial charge on any atom is 0.419 e. The van der Waals surface area contributed by atoms with Gasteiger partial charge < -0.3 is 25.3 Å². The van der Waals surface area contributed by atoms with Crippen LogP contribution in [0, 0.1) is 0 Å². The number of hydrogen-bond donors (Lipinski definition) is 3.